The van der Waals surface area contributed by atoms with E-state index in [0.717, 1.165) is 18.8 Å². The molecule has 0 aliphatic heterocycles. The highest BCUT2D eigenvalue weighted by Gasteiger charge is 2.33. The molecule has 0 radical (unpaired) electrons. The van der Waals surface area contributed by atoms with Crippen LogP contribution in [0.4, 0.5) is 0 Å². The van der Waals surface area contributed by atoms with Crippen molar-refractivity contribution in [3.05, 3.63) is 18.7 Å². The number of ether oxygens (including phenoxy) is 2. The van der Waals surface area contributed by atoms with Crippen molar-refractivity contribution in [2.75, 3.05) is 0 Å². The van der Waals surface area contributed by atoms with E-state index in [9.17, 15) is 9.90 Å². The van der Waals surface area contributed by atoms with E-state index in [2.05, 4.69) is 69.4 Å². The lowest BCUT2D eigenvalue weighted by Gasteiger charge is -2.36. The number of nitrogens with zero attached hydrogens (tertiary/aromatic N) is 2. The van der Waals surface area contributed by atoms with Gasteiger partial charge in [-0.25, -0.2) is 9.13 Å². The Bertz CT molecular complexity index is 697. The van der Waals surface area contributed by atoms with E-state index in [-0.39, 0.29) is 0 Å². The summed E-state index contributed by atoms with van der Waals surface area (Å²) >= 11 is 0. The molecule has 0 spiro atoms. The zero-order chi connectivity index (χ0) is 26.1. The average Bonchev–Trinajstić information content (AvgIpc) is 3.24. The second-order valence-electron chi connectivity index (χ2n) is 11.8. The number of aliphatic hydroxyl groups excluding tert-OH is 1. The molecule has 7 nitrogen and oxygen atoms in total. The first-order valence-electron chi connectivity index (χ1n) is 13.6. The molecule has 202 valence electrons. The molecule has 1 heterocycles. The number of aliphatic hydroxyl groups is 1. The summed E-state index contributed by atoms with van der Waals surface area (Å²) in [5.41, 5.74) is 0. The Hall–Kier alpha value is -1.44. The van der Waals surface area contributed by atoms with Gasteiger partial charge in [0.2, 0.25) is 6.33 Å². The van der Waals surface area contributed by atoms with Gasteiger partial charge in [-0.1, -0.05) is 54.4 Å². The fourth-order valence-corrected chi connectivity index (χ4v) is 5.57. The van der Waals surface area contributed by atoms with Gasteiger partial charge >= 0.3 is 0 Å². The Morgan fingerprint density at radius 1 is 0.971 bits per heavy atom. The van der Waals surface area contributed by atoms with Crippen LogP contribution in [0.2, 0.25) is 0 Å². The van der Waals surface area contributed by atoms with Crippen molar-refractivity contribution < 1.29 is 29.0 Å². The van der Waals surface area contributed by atoms with Crippen molar-refractivity contribution in [1.29, 1.82) is 0 Å². The van der Waals surface area contributed by atoms with Crippen molar-refractivity contribution >= 4 is 5.97 Å². The fourth-order valence-electron chi connectivity index (χ4n) is 5.57. The SMILES string of the molecule is CC(C)[C@@H]1CC[C@@H](C)C[C@H]1OCn1cc[n+](CO[C@@H]2C[C@H](C)CC[C@H]2C(C)C)c1.CC(O)C(=O)[O-]. The maximum atomic E-state index is 9.34. The van der Waals surface area contributed by atoms with Crippen LogP contribution in [0.15, 0.2) is 18.7 Å². The summed E-state index contributed by atoms with van der Waals surface area (Å²) in [6.07, 6.45) is 13.5. The Morgan fingerprint density at radius 2 is 1.46 bits per heavy atom. The zero-order valence-electron chi connectivity index (χ0n) is 23.1. The summed E-state index contributed by atoms with van der Waals surface area (Å²) in [6, 6.07) is 0. The summed E-state index contributed by atoms with van der Waals surface area (Å²) in [6.45, 7) is 16.5. The van der Waals surface area contributed by atoms with Crippen LogP contribution < -0.4 is 9.67 Å². The van der Waals surface area contributed by atoms with Crippen molar-refractivity contribution in [2.24, 2.45) is 35.5 Å². The number of hydrogen-bond acceptors (Lipinski definition) is 5. The lowest BCUT2D eigenvalue weighted by atomic mass is 9.75. The minimum Gasteiger partial charge on any atom is -0.547 e. The number of hydrogen-bond donors (Lipinski definition) is 1. The van der Waals surface area contributed by atoms with Gasteiger partial charge in [0, 0.05) is 0 Å². The smallest absolute Gasteiger partial charge is 0.247 e. The molecule has 1 aromatic heterocycles. The Labute approximate surface area is 212 Å². The van der Waals surface area contributed by atoms with Crippen LogP contribution in [0.1, 0.15) is 87.0 Å². The summed E-state index contributed by atoms with van der Waals surface area (Å²) in [5.74, 6) is 2.91. The molecule has 0 aromatic carbocycles. The van der Waals surface area contributed by atoms with Crippen molar-refractivity contribution in [3.63, 3.8) is 0 Å². The molecule has 2 saturated carbocycles. The van der Waals surface area contributed by atoms with E-state index in [1.165, 1.54) is 38.5 Å². The largest absolute Gasteiger partial charge is 0.547 e. The molecule has 0 bridgehead atoms. The minimum absolute atomic E-state index is 0.390. The standard InChI is InChI=1S/C25H45N2O2.C3H6O3/c1-18(2)22-9-7-20(5)13-24(22)28-16-26-11-12-27(15-26)17-29-25-14-21(6)8-10-23(25)19(3)4;1-2(4)3(5)6/h11-12,15,18-25H,7-10,13-14,16-17H2,1-6H3;2,4H,1H3,(H,5,6)/q+1;/p-1/t20-,21-,22+,23+,24-,25-;/m1./s1. The molecule has 7 heteroatoms. The van der Waals surface area contributed by atoms with Gasteiger partial charge in [0.1, 0.15) is 12.4 Å². The van der Waals surface area contributed by atoms with Gasteiger partial charge in [-0.2, -0.15) is 0 Å². The third-order valence-electron chi connectivity index (χ3n) is 7.89. The van der Waals surface area contributed by atoms with Crippen LogP contribution in [0.25, 0.3) is 0 Å². The summed E-state index contributed by atoms with van der Waals surface area (Å²) in [4.78, 5) is 9.34. The number of carbonyl (C=O) groups excluding carboxylic acids is 1. The van der Waals surface area contributed by atoms with Crippen LogP contribution in [-0.4, -0.2) is 34.0 Å². The third kappa shape index (κ3) is 9.85. The molecular weight excluding hydrogens is 444 g/mol. The molecule has 2 aliphatic rings. The predicted molar refractivity (Wildman–Crippen MR) is 134 cm³/mol. The quantitative estimate of drug-likeness (QED) is 0.528. The highest BCUT2D eigenvalue weighted by Crippen LogP contribution is 2.36. The molecule has 0 amide bonds. The first-order valence-corrected chi connectivity index (χ1v) is 13.6. The van der Waals surface area contributed by atoms with Crippen molar-refractivity contribution in [1.82, 2.24) is 4.57 Å². The van der Waals surface area contributed by atoms with Crippen LogP contribution in [0, 0.1) is 35.5 Å². The highest BCUT2D eigenvalue weighted by molar-refractivity contribution is 5.68. The minimum atomic E-state index is -1.44. The second kappa shape index (κ2) is 14.3. The van der Waals surface area contributed by atoms with E-state index >= 15 is 0 Å². The maximum Gasteiger partial charge on any atom is 0.247 e. The molecule has 35 heavy (non-hydrogen) atoms. The molecule has 2 fully saturated rings. The van der Waals surface area contributed by atoms with Gasteiger partial charge in [-0.3, -0.25) is 0 Å². The van der Waals surface area contributed by atoms with E-state index < -0.39 is 12.1 Å². The van der Waals surface area contributed by atoms with Gasteiger partial charge < -0.3 is 24.5 Å². The summed E-state index contributed by atoms with van der Waals surface area (Å²) in [7, 11) is 0. The highest BCUT2D eigenvalue weighted by atomic mass is 16.5. The zero-order valence-corrected chi connectivity index (χ0v) is 23.1. The Balaban J connectivity index is 0.000000641. The van der Waals surface area contributed by atoms with Gasteiger partial charge in [0.15, 0.2) is 13.5 Å². The van der Waals surface area contributed by atoms with E-state index in [4.69, 9.17) is 14.6 Å². The van der Waals surface area contributed by atoms with Crippen molar-refractivity contribution in [2.45, 2.75) is 119 Å². The number of aromatic nitrogens is 2. The van der Waals surface area contributed by atoms with E-state index in [0.29, 0.717) is 49.3 Å². The lowest BCUT2D eigenvalue weighted by molar-refractivity contribution is -0.735. The van der Waals surface area contributed by atoms with Gasteiger partial charge in [-0.15, -0.1) is 0 Å². The Morgan fingerprint density at radius 3 is 1.91 bits per heavy atom. The van der Waals surface area contributed by atoms with E-state index in [1.807, 2.05) is 0 Å². The molecule has 2 aliphatic carbocycles. The van der Waals surface area contributed by atoms with Crippen LogP contribution in [-0.2, 0) is 27.7 Å². The summed E-state index contributed by atoms with van der Waals surface area (Å²) < 4.78 is 17.1. The molecular formula is C28H50N2O5. The number of carbonyl (C=O) groups is 1. The maximum absolute atomic E-state index is 9.34. The third-order valence-corrected chi connectivity index (χ3v) is 7.89. The monoisotopic (exact) mass is 494 g/mol. The van der Waals surface area contributed by atoms with Crippen LogP contribution in [0.5, 0.6) is 0 Å². The van der Waals surface area contributed by atoms with E-state index in [1.54, 1.807) is 0 Å². The number of carboxylic acid groups (broad SMARTS) is 1. The van der Waals surface area contributed by atoms with Crippen LogP contribution >= 0.6 is 0 Å². The van der Waals surface area contributed by atoms with Gasteiger partial charge in [-0.05, 0) is 68.1 Å². The lowest BCUT2D eigenvalue weighted by Crippen LogP contribution is -2.40. The molecule has 1 N–H and O–H groups in total. The molecule has 7 atom stereocenters. The van der Waals surface area contributed by atoms with Gasteiger partial charge in [0.25, 0.3) is 0 Å². The fraction of sp³-hybridized carbons (Fsp3) is 0.857. The predicted octanol–water partition coefficient (Wildman–Crippen LogP) is 3.76. The first-order chi connectivity index (χ1) is 16.5. The molecule has 3 rings (SSSR count). The molecule has 1 unspecified atom stereocenters. The van der Waals surface area contributed by atoms with Crippen LogP contribution in [0.3, 0.4) is 0 Å². The topological polar surface area (TPSA) is 87.6 Å². The molecule has 0 saturated heterocycles. The number of aliphatic carboxylic acids is 1. The Kier molecular flexibility index (Phi) is 12.2. The number of rotatable bonds is 9. The van der Waals surface area contributed by atoms with Gasteiger partial charge in [0.05, 0.1) is 24.3 Å². The number of carboxylic acids is 1. The first kappa shape index (κ1) is 29.8. The molecule has 1 aromatic rings. The van der Waals surface area contributed by atoms with Crippen molar-refractivity contribution in [3.8, 4) is 0 Å². The number of imidazole rings is 1. The second-order valence-corrected chi connectivity index (χ2v) is 11.8. The average molecular weight is 495 g/mol. The summed E-state index contributed by atoms with van der Waals surface area (Å²) in [5, 5.41) is 17.3. The normalized spacial score (nSPS) is 30.1.